The average Bonchev–Trinajstić information content (AvgIpc) is 3.38. The normalized spacial score (nSPS) is 18.3. The monoisotopic (exact) mass is 543 g/mol. The smallest absolute Gasteiger partial charge is 0.256 e. The maximum atomic E-state index is 15.1. The minimum atomic E-state index is -0.561. The molecule has 1 amide bonds. The summed E-state index contributed by atoms with van der Waals surface area (Å²) in [4.78, 5) is 26.2. The summed E-state index contributed by atoms with van der Waals surface area (Å²) in [6.07, 6.45) is 3.59. The number of fused-ring (bicyclic) bond motifs is 1. The van der Waals surface area contributed by atoms with Gasteiger partial charge >= 0.3 is 0 Å². The third-order valence-corrected chi connectivity index (χ3v) is 7.64. The molecule has 0 spiro atoms. The fraction of sp³-hybridized carbons (Fsp3) is 0.367. The lowest BCUT2D eigenvalue weighted by Crippen LogP contribution is -2.48. The van der Waals surface area contributed by atoms with E-state index in [0.717, 1.165) is 37.3 Å². The first kappa shape index (κ1) is 26.4. The number of nitrogens with zero attached hydrogens (tertiary/aromatic N) is 5. The van der Waals surface area contributed by atoms with Gasteiger partial charge in [-0.15, -0.1) is 0 Å². The summed E-state index contributed by atoms with van der Waals surface area (Å²) in [6.45, 7) is 10.2. The Morgan fingerprint density at radius 3 is 2.80 bits per heavy atom. The van der Waals surface area contributed by atoms with Crippen molar-refractivity contribution in [3.05, 3.63) is 77.4 Å². The van der Waals surface area contributed by atoms with E-state index in [0.29, 0.717) is 49.6 Å². The molecule has 0 saturated carbocycles. The number of aryl methyl sites for hydroxylation is 1. The van der Waals surface area contributed by atoms with Gasteiger partial charge in [-0.05, 0) is 61.4 Å². The van der Waals surface area contributed by atoms with Crippen molar-refractivity contribution in [2.24, 2.45) is 0 Å². The number of hydrogen-bond donors (Lipinski definition) is 2. The number of anilines is 2. The average molecular weight is 544 g/mol. The minimum Gasteiger partial charge on any atom is -0.378 e. The molecule has 10 heteroatoms. The first-order valence-corrected chi connectivity index (χ1v) is 13.8. The van der Waals surface area contributed by atoms with Gasteiger partial charge in [-0.3, -0.25) is 9.69 Å². The number of nitrogens with one attached hydrogen (secondary N) is 2. The van der Waals surface area contributed by atoms with Crippen LogP contribution in [-0.2, 0) is 11.3 Å². The van der Waals surface area contributed by atoms with Crippen LogP contribution in [0.4, 0.5) is 16.0 Å². The van der Waals surface area contributed by atoms with Gasteiger partial charge in [0.15, 0.2) is 0 Å². The molecule has 1 atom stereocenters. The summed E-state index contributed by atoms with van der Waals surface area (Å²) in [6, 6.07) is 13.4. The topological polar surface area (TPSA) is 87.5 Å². The van der Waals surface area contributed by atoms with Gasteiger partial charge in [0.1, 0.15) is 11.5 Å². The Bertz CT molecular complexity index is 1530. The Morgan fingerprint density at radius 2 is 2.00 bits per heavy atom. The number of halogens is 1. The second-order valence-corrected chi connectivity index (χ2v) is 10.6. The zero-order valence-electron chi connectivity index (χ0n) is 22.9. The molecule has 2 N–H and O–H groups in total. The molecule has 40 heavy (non-hydrogen) atoms. The van der Waals surface area contributed by atoms with E-state index >= 15 is 4.39 Å². The highest BCUT2D eigenvalue weighted by Crippen LogP contribution is 2.24. The third kappa shape index (κ3) is 5.56. The van der Waals surface area contributed by atoms with E-state index in [9.17, 15) is 4.79 Å². The summed E-state index contributed by atoms with van der Waals surface area (Å²) >= 11 is 0. The van der Waals surface area contributed by atoms with Crippen molar-refractivity contribution in [1.29, 1.82) is 0 Å². The highest BCUT2D eigenvalue weighted by molar-refractivity contribution is 5.95. The maximum absolute atomic E-state index is 15.1. The van der Waals surface area contributed by atoms with Crippen molar-refractivity contribution in [2.45, 2.75) is 26.4 Å². The Balaban J connectivity index is 1.22. The second-order valence-electron chi connectivity index (χ2n) is 10.6. The molecule has 4 aromatic rings. The van der Waals surface area contributed by atoms with E-state index in [1.165, 1.54) is 17.2 Å². The van der Waals surface area contributed by atoms with E-state index in [4.69, 9.17) is 9.72 Å². The van der Waals surface area contributed by atoms with Crippen LogP contribution in [0.5, 0.6) is 0 Å². The zero-order chi connectivity index (χ0) is 27.6. The molecule has 4 heterocycles. The molecule has 2 aromatic carbocycles. The quantitative estimate of drug-likeness (QED) is 0.382. The van der Waals surface area contributed by atoms with Crippen molar-refractivity contribution in [3.63, 3.8) is 0 Å². The number of benzene rings is 2. The molecule has 2 aromatic heterocycles. The second kappa shape index (κ2) is 11.3. The number of amides is 1. The van der Waals surface area contributed by atoms with Gasteiger partial charge in [0.25, 0.3) is 5.91 Å². The number of carbonyl (C=O) groups is 1. The largest absolute Gasteiger partial charge is 0.378 e. The molecule has 0 bridgehead atoms. The van der Waals surface area contributed by atoms with E-state index in [1.54, 1.807) is 27.8 Å². The van der Waals surface area contributed by atoms with Crippen LogP contribution in [0.3, 0.4) is 0 Å². The van der Waals surface area contributed by atoms with Crippen LogP contribution in [0.15, 0.2) is 54.9 Å². The number of carbonyl (C=O) groups excluding carboxylic acids is 1. The van der Waals surface area contributed by atoms with Gasteiger partial charge < -0.3 is 24.8 Å². The number of ether oxygens (including phenoxy) is 1. The molecule has 2 aliphatic heterocycles. The summed E-state index contributed by atoms with van der Waals surface area (Å²) in [7, 11) is 0. The van der Waals surface area contributed by atoms with Crippen molar-refractivity contribution in [2.75, 3.05) is 51.3 Å². The van der Waals surface area contributed by atoms with E-state index in [1.807, 2.05) is 18.3 Å². The number of morpholine rings is 1. The van der Waals surface area contributed by atoms with Crippen LogP contribution in [0.25, 0.3) is 16.7 Å². The fourth-order valence-corrected chi connectivity index (χ4v) is 5.40. The van der Waals surface area contributed by atoms with Crippen molar-refractivity contribution < 1.29 is 13.9 Å². The molecule has 2 saturated heterocycles. The summed E-state index contributed by atoms with van der Waals surface area (Å²) in [5, 5.41) is 7.67. The molecule has 0 unspecified atom stereocenters. The van der Waals surface area contributed by atoms with Crippen molar-refractivity contribution in [1.82, 2.24) is 29.7 Å². The summed E-state index contributed by atoms with van der Waals surface area (Å²) < 4.78 is 22.2. The van der Waals surface area contributed by atoms with Crippen LogP contribution in [0.1, 0.15) is 28.4 Å². The van der Waals surface area contributed by atoms with Crippen LogP contribution < -0.4 is 10.6 Å². The Morgan fingerprint density at radius 1 is 1.15 bits per heavy atom. The highest BCUT2D eigenvalue weighted by Gasteiger charge is 2.22. The number of piperazine rings is 1. The lowest BCUT2D eigenvalue weighted by molar-refractivity contribution is 0.0300. The number of aromatic nitrogens is 3. The molecular formula is C30H34FN7O2. The lowest BCUT2D eigenvalue weighted by atomic mass is 10.1. The van der Waals surface area contributed by atoms with E-state index in [2.05, 4.69) is 46.5 Å². The molecule has 0 radical (unpaired) electrons. The first-order valence-electron chi connectivity index (χ1n) is 13.8. The Kier molecular flexibility index (Phi) is 7.46. The molecule has 2 aliphatic rings. The number of hydrogen-bond acceptors (Lipinski definition) is 7. The summed E-state index contributed by atoms with van der Waals surface area (Å²) in [5.41, 5.74) is 4.72. The fourth-order valence-electron chi connectivity index (χ4n) is 5.40. The van der Waals surface area contributed by atoms with Crippen LogP contribution in [0, 0.1) is 12.7 Å². The van der Waals surface area contributed by atoms with Crippen molar-refractivity contribution >= 4 is 28.6 Å². The summed E-state index contributed by atoms with van der Waals surface area (Å²) in [5.74, 6) is -0.422. The van der Waals surface area contributed by atoms with Gasteiger partial charge in [0, 0.05) is 74.5 Å². The van der Waals surface area contributed by atoms with Gasteiger partial charge in [-0.25, -0.2) is 9.37 Å². The minimum absolute atomic E-state index is 0.0598. The van der Waals surface area contributed by atoms with Gasteiger partial charge in [0.05, 0.1) is 18.8 Å². The highest BCUT2D eigenvalue weighted by atomic mass is 19.1. The van der Waals surface area contributed by atoms with Gasteiger partial charge in [-0.1, -0.05) is 6.07 Å². The molecule has 2 fully saturated rings. The van der Waals surface area contributed by atoms with Crippen molar-refractivity contribution in [3.8, 4) is 5.69 Å². The van der Waals surface area contributed by atoms with Crippen LogP contribution in [0.2, 0.25) is 0 Å². The lowest BCUT2D eigenvalue weighted by Gasteiger charge is -2.32. The molecule has 208 valence electrons. The van der Waals surface area contributed by atoms with Crippen LogP contribution in [-0.4, -0.2) is 82.2 Å². The molecule has 0 aliphatic carbocycles. The van der Waals surface area contributed by atoms with E-state index < -0.39 is 5.82 Å². The Labute approximate surface area is 233 Å². The third-order valence-electron chi connectivity index (χ3n) is 7.64. The van der Waals surface area contributed by atoms with Crippen LogP contribution >= 0.6 is 0 Å². The standard InChI is InChI=1S/C30H34FN7O2/c1-20-3-4-24(15-23(20)19-36-10-8-32-21(2)18-36)34-30-33-17-22-7-9-38(28(22)35-30)25-5-6-26(27(31)16-25)29(39)37-11-13-40-14-12-37/h3-7,9,15-17,21,32H,8,10-14,18-19H2,1-2H3,(H,33,34,35)/t21-/m0/s1. The number of rotatable bonds is 6. The predicted molar refractivity (Wildman–Crippen MR) is 153 cm³/mol. The maximum Gasteiger partial charge on any atom is 0.256 e. The van der Waals surface area contributed by atoms with Gasteiger partial charge in [-0.2, -0.15) is 4.98 Å². The van der Waals surface area contributed by atoms with E-state index in [-0.39, 0.29) is 11.5 Å². The molecular weight excluding hydrogens is 509 g/mol. The van der Waals surface area contributed by atoms with Gasteiger partial charge in [0.2, 0.25) is 5.95 Å². The molecule has 9 nitrogen and oxygen atoms in total. The SMILES string of the molecule is Cc1ccc(Nc2ncc3ccn(-c4ccc(C(=O)N5CCOCC5)c(F)c4)c3n2)cc1CN1CCN[C@@H](C)C1. The predicted octanol–water partition coefficient (Wildman–Crippen LogP) is 3.88. The Hall–Kier alpha value is -3.86. The molecule has 6 rings (SSSR count). The first-order chi connectivity index (χ1) is 19.4. The zero-order valence-corrected chi connectivity index (χ0v) is 22.9.